The minimum Gasteiger partial charge on any atom is -0.494 e. The van der Waals surface area contributed by atoms with Crippen LogP contribution in [0.1, 0.15) is 25.0 Å². The average molecular weight is 503 g/mol. The maximum atomic E-state index is 13.4. The van der Waals surface area contributed by atoms with Crippen molar-refractivity contribution < 1.29 is 23.8 Å². The molecule has 1 aliphatic heterocycles. The highest BCUT2D eigenvalue weighted by Gasteiger charge is 2.34. The van der Waals surface area contributed by atoms with Gasteiger partial charge in [0.25, 0.3) is 11.8 Å². The predicted octanol–water partition coefficient (Wildman–Crippen LogP) is 4.89. The Labute approximate surface area is 215 Å². The van der Waals surface area contributed by atoms with Crippen molar-refractivity contribution in [2.75, 3.05) is 18.1 Å². The molecule has 0 aromatic heterocycles. The lowest BCUT2D eigenvalue weighted by Crippen LogP contribution is -2.54. The first-order chi connectivity index (χ1) is 17.5. The van der Waals surface area contributed by atoms with Gasteiger partial charge < -0.3 is 14.2 Å². The second-order valence-corrected chi connectivity index (χ2v) is 8.19. The van der Waals surface area contributed by atoms with Crippen molar-refractivity contribution in [2.45, 2.75) is 20.5 Å². The van der Waals surface area contributed by atoms with E-state index in [1.54, 1.807) is 42.5 Å². The minimum absolute atomic E-state index is 0.00969. The lowest BCUT2D eigenvalue weighted by Gasteiger charge is -2.29. The molecule has 4 rings (SSSR count). The first kappa shape index (κ1) is 24.9. The van der Waals surface area contributed by atoms with Crippen molar-refractivity contribution in [2.24, 2.45) is 0 Å². The molecule has 3 aromatic carbocycles. The van der Waals surface area contributed by atoms with E-state index in [4.69, 9.17) is 26.4 Å². The van der Waals surface area contributed by atoms with E-state index < -0.39 is 11.8 Å². The molecule has 3 aromatic rings. The molecule has 0 unspecified atom stereocenters. The summed E-state index contributed by atoms with van der Waals surface area (Å²) in [5, 5.41) is 2.61. The number of benzene rings is 3. The summed E-state index contributed by atoms with van der Waals surface area (Å²) >= 11 is 5.30. The summed E-state index contributed by atoms with van der Waals surface area (Å²) in [4.78, 5) is 27.4. The first-order valence-electron chi connectivity index (χ1n) is 11.6. The summed E-state index contributed by atoms with van der Waals surface area (Å²) in [6, 6.07) is 22.1. The smallest absolute Gasteiger partial charge is 0.270 e. The molecule has 0 saturated carbocycles. The number of amides is 2. The van der Waals surface area contributed by atoms with Gasteiger partial charge in [0.1, 0.15) is 17.9 Å². The van der Waals surface area contributed by atoms with Crippen molar-refractivity contribution in [3.8, 4) is 17.2 Å². The van der Waals surface area contributed by atoms with Gasteiger partial charge in [0.05, 0.1) is 18.9 Å². The third-order valence-electron chi connectivity index (χ3n) is 5.30. The number of nitrogens with one attached hydrogen (secondary N) is 1. The van der Waals surface area contributed by atoms with Gasteiger partial charge in [0, 0.05) is 6.07 Å². The van der Waals surface area contributed by atoms with Crippen molar-refractivity contribution in [3.63, 3.8) is 0 Å². The van der Waals surface area contributed by atoms with Crippen LogP contribution >= 0.6 is 12.2 Å². The van der Waals surface area contributed by atoms with Gasteiger partial charge in [0.2, 0.25) is 0 Å². The molecule has 0 radical (unpaired) electrons. The number of rotatable bonds is 9. The van der Waals surface area contributed by atoms with Crippen LogP contribution in [-0.2, 0) is 16.2 Å². The maximum absolute atomic E-state index is 13.4. The second kappa shape index (κ2) is 11.5. The van der Waals surface area contributed by atoms with E-state index in [9.17, 15) is 9.59 Å². The molecule has 1 N–H and O–H groups in total. The number of nitrogens with zero attached hydrogens (tertiary/aromatic N) is 1. The Hall–Kier alpha value is -4.17. The number of ether oxygens (including phenoxy) is 3. The van der Waals surface area contributed by atoms with Crippen molar-refractivity contribution in [1.82, 2.24) is 5.32 Å². The van der Waals surface area contributed by atoms with Gasteiger partial charge in [-0.1, -0.05) is 42.5 Å². The zero-order valence-corrected chi connectivity index (χ0v) is 20.8. The van der Waals surface area contributed by atoms with Crippen LogP contribution in [0.2, 0.25) is 0 Å². The van der Waals surface area contributed by atoms with Crippen LogP contribution in [0.15, 0.2) is 78.4 Å². The molecule has 184 valence electrons. The quantitative estimate of drug-likeness (QED) is 0.255. The number of anilines is 1. The molecule has 1 fully saturated rings. The number of carbonyl (C=O) groups excluding carboxylic acids is 2. The van der Waals surface area contributed by atoms with Crippen molar-refractivity contribution in [1.29, 1.82) is 0 Å². The highest BCUT2D eigenvalue weighted by Crippen LogP contribution is 2.31. The fourth-order valence-corrected chi connectivity index (χ4v) is 3.96. The summed E-state index contributed by atoms with van der Waals surface area (Å²) in [6.45, 7) is 5.05. The van der Waals surface area contributed by atoms with Gasteiger partial charge in [0.15, 0.2) is 16.6 Å². The Morgan fingerprint density at radius 1 is 0.861 bits per heavy atom. The highest BCUT2D eigenvalue weighted by molar-refractivity contribution is 7.80. The van der Waals surface area contributed by atoms with E-state index in [1.807, 2.05) is 44.2 Å². The van der Waals surface area contributed by atoms with E-state index in [0.717, 1.165) is 5.56 Å². The normalized spacial score (nSPS) is 14.6. The summed E-state index contributed by atoms with van der Waals surface area (Å²) in [7, 11) is 0. The summed E-state index contributed by atoms with van der Waals surface area (Å²) < 4.78 is 17.3. The monoisotopic (exact) mass is 502 g/mol. The summed E-state index contributed by atoms with van der Waals surface area (Å²) in [5.41, 5.74) is 2.09. The van der Waals surface area contributed by atoms with Crippen LogP contribution in [0.3, 0.4) is 0 Å². The Morgan fingerprint density at radius 3 is 2.39 bits per heavy atom. The van der Waals surface area contributed by atoms with Crippen LogP contribution in [0.4, 0.5) is 5.69 Å². The summed E-state index contributed by atoms with van der Waals surface area (Å²) in [5.74, 6) is 0.589. The topological polar surface area (TPSA) is 77.1 Å². The fraction of sp³-hybridized carbons (Fsp3) is 0.179. The molecule has 8 heteroatoms. The maximum Gasteiger partial charge on any atom is 0.270 e. The highest BCUT2D eigenvalue weighted by atomic mass is 32.1. The van der Waals surface area contributed by atoms with Crippen molar-refractivity contribution >= 4 is 40.9 Å². The standard InChI is InChI=1S/C28H26N2O5S/c1-3-33-22-12-8-11-21(17-22)30-27(32)23(26(31)29-28(30)36)15-20-13-14-24(25(16-20)34-4-2)35-18-19-9-6-5-7-10-19/h5-17H,3-4,18H2,1-2H3,(H,29,31,36)/b23-15+. The van der Waals surface area contributed by atoms with Crippen LogP contribution in [0, 0.1) is 0 Å². The Balaban J connectivity index is 1.61. The SMILES string of the molecule is CCOc1cccc(N2C(=O)/C(=C/c3ccc(OCc4ccccc4)c(OCC)c3)C(=O)NC2=S)c1. The largest absolute Gasteiger partial charge is 0.494 e. The molecule has 7 nitrogen and oxygen atoms in total. The Morgan fingerprint density at radius 2 is 1.64 bits per heavy atom. The minimum atomic E-state index is -0.565. The molecular formula is C28H26N2O5S. The molecule has 36 heavy (non-hydrogen) atoms. The van der Waals surface area contributed by atoms with Crippen LogP contribution in [0.5, 0.6) is 17.2 Å². The molecule has 0 spiro atoms. The zero-order valence-electron chi connectivity index (χ0n) is 20.0. The van der Waals surface area contributed by atoms with Crippen LogP contribution < -0.4 is 24.4 Å². The second-order valence-electron chi connectivity index (χ2n) is 7.80. The number of carbonyl (C=O) groups is 2. The van der Waals surface area contributed by atoms with Crippen LogP contribution in [-0.4, -0.2) is 30.1 Å². The van der Waals surface area contributed by atoms with E-state index in [2.05, 4.69) is 5.32 Å². The third kappa shape index (κ3) is 5.72. The molecule has 0 atom stereocenters. The Bertz CT molecular complexity index is 1310. The van der Waals surface area contributed by atoms with Gasteiger partial charge >= 0.3 is 0 Å². The van der Waals surface area contributed by atoms with Crippen LogP contribution in [0.25, 0.3) is 6.08 Å². The average Bonchev–Trinajstić information content (AvgIpc) is 2.87. The molecule has 1 aliphatic rings. The zero-order chi connectivity index (χ0) is 25.5. The van der Waals surface area contributed by atoms with Gasteiger partial charge in [-0.05, 0) is 67.5 Å². The van der Waals surface area contributed by atoms with Gasteiger partial charge in [-0.25, -0.2) is 0 Å². The molecule has 0 aliphatic carbocycles. The predicted molar refractivity (Wildman–Crippen MR) is 142 cm³/mol. The summed E-state index contributed by atoms with van der Waals surface area (Å²) in [6.07, 6.45) is 1.52. The Kier molecular flexibility index (Phi) is 7.97. The van der Waals surface area contributed by atoms with E-state index in [1.165, 1.54) is 11.0 Å². The van der Waals surface area contributed by atoms with E-state index in [-0.39, 0.29) is 10.7 Å². The third-order valence-corrected chi connectivity index (χ3v) is 5.59. The lowest BCUT2D eigenvalue weighted by molar-refractivity contribution is -0.122. The number of hydrogen-bond donors (Lipinski definition) is 1. The molecule has 2 amide bonds. The van der Waals surface area contributed by atoms with Gasteiger partial charge in [-0.3, -0.25) is 19.8 Å². The van der Waals surface area contributed by atoms with E-state index in [0.29, 0.717) is 48.3 Å². The molecule has 0 bridgehead atoms. The van der Waals surface area contributed by atoms with Gasteiger partial charge in [-0.15, -0.1) is 0 Å². The molecule has 1 heterocycles. The van der Waals surface area contributed by atoms with Crippen molar-refractivity contribution in [3.05, 3.63) is 89.5 Å². The number of hydrogen-bond acceptors (Lipinski definition) is 6. The fourth-order valence-electron chi connectivity index (χ4n) is 3.67. The number of thiocarbonyl (C=S) groups is 1. The lowest BCUT2D eigenvalue weighted by atomic mass is 10.1. The first-order valence-corrected chi connectivity index (χ1v) is 12.0. The molecular weight excluding hydrogens is 476 g/mol. The molecule has 1 saturated heterocycles. The van der Waals surface area contributed by atoms with E-state index >= 15 is 0 Å². The van der Waals surface area contributed by atoms with Gasteiger partial charge in [-0.2, -0.15) is 0 Å².